The van der Waals surface area contributed by atoms with Gasteiger partial charge < -0.3 is 9.30 Å². The highest BCUT2D eigenvalue weighted by molar-refractivity contribution is 6.30. The SMILES string of the molecule is CC(=O)OCc1c(C2CC2)cc(Cl)c(=O)n1CCc1ccc(C)cc1. The largest absolute Gasteiger partial charge is 0.459 e. The van der Waals surface area contributed by atoms with E-state index in [2.05, 4.69) is 24.3 Å². The number of halogens is 1. The van der Waals surface area contributed by atoms with E-state index in [-0.39, 0.29) is 23.2 Å². The van der Waals surface area contributed by atoms with Gasteiger partial charge in [-0.3, -0.25) is 9.59 Å². The van der Waals surface area contributed by atoms with Crippen molar-refractivity contribution in [2.75, 3.05) is 0 Å². The van der Waals surface area contributed by atoms with E-state index in [1.54, 1.807) is 10.6 Å². The topological polar surface area (TPSA) is 48.3 Å². The monoisotopic (exact) mass is 359 g/mol. The van der Waals surface area contributed by atoms with Crippen LogP contribution >= 0.6 is 11.6 Å². The molecule has 1 aromatic heterocycles. The summed E-state index contributed by atoms with van der Waals surface area (Å²) in [5.74, 6) is 0.0588. The molecule has 0 unspecified atom stereocenters. The fourth-order valence-corrected chi connectivity index (χ4v) is 3.22. The highest BCUT2D eigenvalue weighted by Crippen LogP contribution is 2.42. The maximum atomic E-state index is 12.6. The lowest BCUT2D eigenvalue weighted by Gasteiger charge is -2.18. The molecule has 4 nitrogen and oxygen atoms in total. The fraction of sp³-hybridized carbons (Fsp3) is 0.400. The number of aromatic nitrogens is 1. The number of rotatable bonds is 6. The Morgan fingerprint density at radius 3 is 2.56 bits per heavy atom. The first kappa shape index (κ1) is 17.7. The van der Waals surface area contributed by atoms with Gasteiger partial charge in [-0.05, 0) is 49.3 Å². The van der Waals surface area contributed by atoms with Gasteiger partial charge in [0.1, 0.15) is 11.6 Å². The Morgan fingerprint density at radius 2 is 1.96 bits per heavy atom. The Hall–Kier alpha value is -2.07. The van der Waals surface area contributed by atoms with Gasteiger partial charge in [0.05, 0.1) is 5.69 Å². The molecule has 5 heteroatoms. The van der Waals surface area contributed by atoms with Crippen LogP contribution in [0.25, 0.3) is 0 Å². The van der Waals surface area contributed by atoms with Crippen molar-refractivity contribution in [3.05, 3.63) is 68.1 Å². The van der Waals surface area contributed by atoms with Gasteiger partial charge in [-0.1, -0.05) is 41.4 Å². The Balaban J connectivity index is 1.92. The molecule has 0 atom stereocenters. The smallest absolute Gasteiger partial charge is 0.303 e. The van der Waals surface area contributed by atoms with Gasteiger partial charge in [0.15, 0.2) is 0 Å². The average molecular weight is 360 g/mol. The number of carbonyl (C=O) groups is 1. The zero-order valence-electron chi connectivity index (χ0n) is 14.5. The summed E-state index contributed by atoms with van der Waals surface area (Å²) in [6, 6.07) is 10.0. The summed E-state index contributed by atoms with van der Waals surface area (Å²) in [5.41, 5.74) is 3.95. The number of ether oxygens (including phenoxy) is 1. The van der Waals surface area contributed by atoms with Crippen LogP contribution in [0.1, 0.15) is 48.1 Å². The molecule has 1 aromatic carbocycles. The predicted octanol–water partition coefficient (Wildman–Crippen LogP) is 3.99. The standard InChI is InChI=1S/C20H22ClNO3/c1-13-3-5-15(6-4-13)9-10-22-19(12-25-14(2)23)17(16-7-8-16)11-18(21)20(22)24/h3-6,11,16H,7-10,12H2,1-2H3. The van der Waals surface area contributed by atoms with E-state index in [0.29, 0.717) is 12.5 Å². The van der Waals surface area contributed by atoms with Crippen LogP contribution in [0, 0.1) is 6.92 Å². The Labute approximate surface area is 152 Å². The molecule has 25 heavy (non-hydrogen) atoms. The van der Waals surface area contributed by atoms with Gasteiger partial charge >= 0.3 is 5.97 Å². The maximum Gasteiger partial charge on any atom is 0.303 e. The number of aryl methyl sites for hydroxylation is 2. The number of hydrogen-bond acceptors (Lipinski definition) is 3. The third kappa shape index (κ3) is 4.31. The summed E-state index contributed by atoms with van der Waals surface area (Å²) in [6.07, 6.45) is 2.89. The first-order valence-electron chi connectivity index (χ1n) is 8.56. The van der Waals surface area contributed by atoms with E-state index in [1.165, 1.54) is 12.5 Å². The summed E-state index contributed by atoms with van der Waals surface area (Å²) >= 11 is 6.19. The van der Waals surface area contributed by atoms with Crippen molar-refractivity contribution in [1.29, 1.82) is 0 Å². The highest BCUT2D eigenvalue weighted by Gasteiger charge is 2.29. The molecular weight excluding hydrogens is 338 g/mol. The first-order chi connectivity index (χ1) is 12.0. The lowest BCUT2D eigenvalue weighted by molar-refractivity contribution is -0.142. The molecule has 0 saturated heterocycles. The van der Waals surface area contributed by atoms with Crippen molar-refractivity contribution in [3.63, 3.8) is 0 Å². The second-order valence-corrected chi connectivity index (χ2v) is 7.05. The lowest BCUT2D eigenvalue weighted by atomic mass is 10.1. The Kier molecular flexibility index (Phi) is 5.28. The van der Waals surface area contributed by atoms with Crippen LogP contribution in [0.2, 0.25) is 5.02 Å². The number of benzene rings is 1. The number of hydrogen-bond donors (Lipinski definition) is 0. The van der Waals surface area contributed by atoms with Gasteiger partial charge in [-0.2, -0.15) is 0 Å². The van der Waals surface area contributed by atoms with E-state index in [0.717, 1.165) is 36.1 Å². The summed E-state index contributed by atoms with van der Waals surface area (Å²) in [7, 11) is 0. The zero-order valence-corrected chi connectivity index (χ0v) is 15.3. The number of esters is 1. The van der Waals surface area contributed by atoms with Crippen molar-refractivity contribution in [2.24, 2.45) is 0 Å². The molecule has 0 spiro atoms. The molecule has 0 bridgehead atoms. The summed E-state index contributed by atoms with van der Waals surface area (Å²) in [5, 5.41) is 0.234. The molecule has 0 radical (unpaired) electrons. The van der Waals surface area contributed by atoms with Crippen LogP contribution in [0.5, 0.6) is 0 Å². The fourth-order valence-electron chi connectivity index (χ4n) is 3.00. The van der Waals surface area contributed by atoms with Crippen LogP contribution in [-0.4, -0.2) is 10.5 Å². The minimum atomic E-state index is -0.353. The lowest BCUT2D eigenvalue weighted by Crippen LogP contribution is -2.27. The van der Waals surface area contributed by atoms with Crippen LogP contribution in [0.4, 0.5) is 0 Å². The summed E-state index contributed by atoms with van der Waals surface area (Å²) < 4.78 is 6.89. The summed E-state index contributed by atoms with van der Waals surface area (Å²) in [6.45, 7) is 4.05. The molecule has 0 aliphatic heterocycles. The quantitative estimate of drug-likeness (QED) is 0.732. The van der Waals surface area contributed by atoms with Crippen molar-refractivity contribution in [3.8, 4) is 0 Å². The van der Waals surface area contributed by atoms with Crippen LogP contribution in [0.3, 0.4) is 0 Å². The van der Waals surface area contributed by atoms with Crippen LogP contribution < -0.4 is 5.56 Å². The van der Waals surface area contributed by atoms with E-state index < -0.39 is 0 Å². The third-order valence-electron chi connectivity index (χ3n) is 4.56. The van der Waals surface area contributed by atoms with E-state index >= 15 is 0 Å². The molecule has 132 valence electrons. The van der Waals surface area contributed by atoms with E-state index in [1.807, 2.05) is 6.92 Å². The minimum absolute atomic E-state index is 0.113. The molecule has 1 aliphatic carbocycles. The maximum absolute atomic E-state index is 12.6. The van der Waals surface area contributed by atoms with Gasteiger partial charge in [0.2, 0.25) is 0 Å². The van der Waals surface area contributed by atoms with Gasteiger partial charge in [-0.25, -0.2) is 0 Å². The minimum Gasteiger partial charge on any atom is -0.459 e. The molecule has 1 heterocycles. The Bertz CT molecular complexity index is 835. The van der Waals surface area contributed by atoms with Crippen molar-refractivity contribution in [1.82, 2.24) is 4.57 Å². The van der Waals surface area contributed by atoms with Crippen molar-refractivity contribution >= 4 is 17.6 Å². The molecule has 1 fully saturated rings. The molecule has 3 rings (SSSR count). The first-order valence-corrected chi connectivity index (χ1v) is 8.94. The van der Waals surface area contributed by atoms with Crippen molar-refractivity contribution < 1.29 is 9.53 Å². The van der Waals surface area contributed by atoms with Crippen LogP contribution in [0.15, 0.2) is 35.1 Å². The zero-order chi connectivity index (χ0) is 18.0. The average Bonchev–Trinajstić information content (AvgIpc) is 3.41. The predicted molar refractivity (Wildman–Crippen MR) is 98.0 cm³/mol. The molecule has 1 saturated carbocycles. The van der Waals surface area contributed by atoms with Crippen LogP contribution in [-0.2, 0) is 29.1 Å². The molecular formula is C20H22ClNO3. The van der Waals surface area contributed by atoms with Crippen molar-refractivity contribution in [2.45, 2.75) is 52.2 Å². The second-order valence-electron chi connectivity index (χ2n) is 6.64. The van der Waals surface area contributed by atoms with Gasteiger partial charge in [0.25, 0.3) is 5.56 Å². The Morgan fingerprint density at radius 1 is 1.28 bits per heavy atom. The number of pyridine rings is 1. The summed E-state index contributed by atoms with van der Waals surface area (Å²) in [4.78, 5) is 23.8. The number of carbonyl (C=O) groups excluding carboxylic acids is 1. The van der Waals surface area contributed by atoms with Gasteiger partial charge in [-0.15, -0.1) is 0 Å². The van der Waals surface area contributed by atoms with E-state index in [9.17, 15) is 9.59 Å². The van der Waals surface area contributed by atoms with E-state index in [4.69, 9.17) is 16.3 Å². The molecule has 0 amide bonds. The second kappa shape index (κ2) is 7.44. The molecule has 2 aromatic rings. The third-order valence-corrected chi connectivity index (χ3v) is 4.84. The van der Waals surface area contributed by atoms with Gasteiger partial charge in [0, 0.05) is 13.5 Å². The normalized spacial score (nSPS) is 13.7. The molecule has 0 N–H and O–H groups in total. The molecule has 1 aliphatic rings. The highest BCUT2D eigenvalue weighted by atomic mass is 35.5. The number of nitrogens with zero attached hydrogens (tertiary/aromatic N) is 1.